The fraction of sp³-hybridized carbons (Fsp3) is 0.0952. The van der Waals surface area contributed by atoms with Gasteiger partial charge in [-0.25, -0.2) is 0 Å². The summed E-state index contributed by atoms with van der Waals surface area (Å²) in [4.78, 5) is 12.1. The van der Waals surface area contributed by atoms with Crippen LogP contribution in [0.4, 0.5) is 0 Å². The highest BCUT2D eigenvalue weighted by Gasteiger charge is 2.06. The van der Waals surface area contributed by atoms with E-state index < -0.39 is 0 Å². The molecule has 0 saturated heterocycles. The molecule has 0 atom stereocenters. The van der Waals surface area contributed by atoms with Gasteiger partial charge in [0.05, 0.1) is 14.2 Å². The summed E-state index contributed by atoms with van der Waals surface area (Å²) in [5.41, 5.74) is 1.01. The van der Waals surface area contributed by atoms with Gasteiger partial charge in [-0.15, -0.1) is 0 Å². The predicted octanol–water partition coefficient (Wildman–Crippen LogP) is 4.24. The number of phenolic OH excluding ortho intramolecular Hbond substituents is 1. The number of phenols is 1. The summed E-state index contributed by atoms with van der Waals surface area (Å²) in [5, 5.41) is 9.94. The number of aromatic hydroxyl groups is 1. The molecule has 0 bridgehead atoms. The van der Waals surface area contributed by atoms with Crippen LogP contribution in [-0.4, -0.2) is 19.3 Å². The molecule has 0 aliphatic carbocycles. The van der Waals surface area contributed by atoms with E-state index in [-0.39, 0.29) is 16.6 Å². The summed E-state index contributed by atoms with van der Waals surface area (Å²) in [6.45, 7) is 0. The van der Waals surface area contributed by atoms with Crippen molar-refractivity contribution in [1.82, 2.24) is 0 Å². The standard InChI is InChI=1S/C21H18O5/c1-24-18-11-10-14(12-20(18)25-2)6-3-4-7-15-13-17(23)21-16(22)8-5-9-19(21)26-15/h3-13,22H,1-2H3/b6-3+,7-4+. The van der Waals surface area contributed by atoms with E-state index >= 15 is 0 Å². The zero-order valence-electron chi connectivity index (χ0n) is 14.4. The molecule has 3 rings (SSSR count). The average Bonchev–Trinajstić information content (AvgIpc) is 2.64. The van der Waals surface area contributed by atoms with Crippen LogP contribution in [0.1, 0.15) is 11.3 Å². The lowest BCUT2D eigenvalue weighted by atomic mass is 10.2. The fourth-order valence-electron chi connectivity index (χ4n) is 2.57. The molecule has 5 heteroatoms. The van der Waals surface area contributed by atoms with Crippen molar-refractivity contribution in [1.29, 1.82) is 0 Å². The van der Waals surface area contributed by atoms with Crippen LogP contribution in [-0.2, 0) is 0 Å². The molecule has 1 aromatic heterocycles. The van der Waals surface area contributed by atoms with E-state index in [0.717, 1.165) is 5.56 Å². The second-order valence-electron chi connectivity index (χ2n) is 5.50. The first-order valence-corrected chi connectivity index (χ1v) is 7.95. The lowest BCUT2D eigenvalue weighted by Crippen LogP contribution is -2.00. The van der Waals surface area contributed by atoms with E-state index in [4.69, 9.17) is 13.9 Å². The van der Waals surface area contributed by atoms with Crippen molar-refractivity contribution in [3.05, 3.63) is 76.2 Å². The SMILES string of the molecule is COc1ccc(/C=C/C=C/c2cc(=O)c3c(O)cccc3o2)cc1OC. The van der Waals surface area contributed by atoms with Gasteiger partial charge in [0.25, 0.3) is 0 Å². The molecule has 132 valence electrons. The van der Waals surface area contributed by atoms with Gasteiger partial charge in [0.2, 0.25) is 0 Å². The molecule has 0 amide bonds. The van der Waals surface area contributed by atoms with Crippen molar-refractivity contribution >= 4 is 23.1 Å². The van der Waals surface area contributed by atoms with Gasteiger partial charge in [-0.2, -0.15) is 0 Å². The minimum Gasteiger partial charge on any atom is -0.507 e. The first-order chi connectivity index (χ1) is 12.6. The molecule has 0 fully saturated rings. The summed E-state index contributed by atoms with van der Waals surface area (Å²) in [6, 6.07) is 11.7. The molecule has 0 radical (unpaired) electrons. The van der Waals surface area contributed by atoms with E-state index in [9.17, 15) is 9.90 Å². The van der Waals surface area contributed by atoms with Crippen LogP contribution in [0, 0.1) is 0 Å². The topological polar surface area (TPSA) is 68.9 Å². The molecule has 26 heavy (non-hydrogen) atoms. The third kappa shape index (κ3) is 3.62. The molecule has 0 saturated carbocycles. The minimum atomic E-state index is -0.284. The monoisotopic (exact) mass is 350 g/mol. The van der Waals surface area contributed by atoms with Gasteiger partial charge in [-0.3, -0.25) is 4.79 Å². The van der Waals surface area contributed by atoms with Crippen LogP contribution in [0.5, 0.6) is 17.2 Å². The number of rotatable bonds is 5. The number of benzene rings is 2. The molecule has 1 heterocycles. The normalized spacial score (nSPS) is 11.5. The highest BCUT2D eigenvalue weighted by Crippen LogP contribution is 2.28. The predicted molar refractivity (Wildman–Crippen MR) is 102 cm³/mol. The second kappa shape index (κ2) is 7.61. The third-order valence-electron chi connectivity index (χ3n) is 3.82. The summed E-state index contributed by atoms with van der Waals surface area (Å²) in [7, 11) is 3.18. The van der Waals surface area contributed by atoms with Crippen LogP contribution in [0.3, 0.4) is 0 Å². The summed E-state index contributed by atoms with van der Waals surface area (Å²) in [5.74, 6) is 1.64. The van der Waals surface area contributed by atoms with E-state index in [2.05, 4.69) is 0 Å². The van der Waals surface area contributed by atoms with Crippen molar-refractivity contribution in [2.75, 3.05) is 14.2 Å². The Hall–Kier alpha value is -3.47. The van der Waals surface area contributed by atoms with Gasteiger partial charge in [-0.1, -0.05) is 30.4 Å². The molecule has 2 aromatic carbocycles. The molecule has 0 unspecified atom stereocenters. The molecule has 0 spiro atoms. The van der Waals surface area contributed by atoms with Gasteiger partial charge in [0.1, 0.15) is 22.5 Å². The highest BCUT2D eigenvalue weighted by atomic mass is 16.5. The van der Waals surface area contributed by atoms with Crippen LogP contribution in [0.15, 0.2) is 63.8 Å². The van der Waals surface area contributed by atoms with E-state index in [1.54, 1.807) is 38.5 Å². The van der Waals surface area contributed by atoms with Gasteiger partial charge < -0.3 is 19.0 Å². The quantitative estimate of drug-likeness (QED) is 0.697. The van der Waals surface area contributed by atoms with Crippen LogP contribution in [0.25, 0.3) is 23.1 Å². The largest absolute Gasteiger partial charge is 0.507 e. The Morgan fingerprint density at radius 3 is 2.50 bits per heavy atom. The molecule has 0 aliphatic rings. The van der Waals surface area contributed by atoms with E-state index in [1.807, 2.05) is 30.4 Å². The number of fused-ring (bicyclic) bond motifs is 1. The maximum Gasteiger partial charge on any atom is 0.197 e. The van der Waals surface area contributed by atoms with Crippen molar-refractivity contribution in [3.63, 3.8) is 0 Å². The Bertz CT molecular complexity index is 1040. The van der Waals surface area contributed by atoms with Crippen molar-refractivity contribution in [2.24, 2.45) is 0 Å². The lowest BCUT2D eigenvalue weighted by Gasteiger charge is -2.07. The lowest BCUT2D eigenvalue weighted by molar-refractivity contribution is 0.355. The van der Waals surface area contributed by atoms with Gasteiger partial charge in [-0.05, 0) is 35.9 Å². The van der Waals surface area contributed by atoms with Gasteiger partial charge in [0, 0.05) is 6.07 Å². The van der Waals surface area contributed by atoms with Crippen LogP contribution < -0.4 is 14.9 Å². The Morgan fingerprint density at radius 1 is 0.962 bits per heavy atom. The smallest absolute Gasteiger partial charge is 0.197 e. The molecule has 1 N–H and O–H groups in total. The Balaban J connectivity index is 1.81. The molecule has 5 nitrogen and oxygen atoms in total. The second-order valence-corrected chi connectivity index (χ2v) is 5.50. The zero-order chi connectivity index (χ0) is 18.5. The van der Waals surface area contributed by atoms with Crippen molar-refractivity contribution in [3.8, 4) is 17.2 Å². The maximum atomic E-state index is 12.1. The fourth-order valence-corrected chi connectivity index (χ4v) is 2.57. The summed E-state index contributed by atoms with van der Waals surface area (Å²) < 4.78 is 16.1. The van der Waals surface area contributed by atoms with E-state index in [0.29, 0.717) is 22.8 Å². The number of hydrogen-bond donors (Lipinski definition) is 1. The van der Waals surface area contributed by atoms with Gasteiger partial charge in [0.15, 0.2) is 16.9 Å². The number of methoxy groups -OCH3 is 2. The summed E-state index contributed by atoms with van der Waals surface area (Å²) in [6.07, 6.45) is 7.17. The van der Waals surface area contributed by atoms with Crippen LogP contribution in [0.2, 0.25) is 0 Å². The van der Waals surface area contributed by atoms with Crippen molar-refractivity contribution in [2.45, 2.75) is 0 Å². The van der Waals surface area contributed by atoms with Gasteiger partial charge >= 0.3 is 0 Å². The maximum absolute atomic E-state index is 12.1. The number of allylic oxidation sites excluding steroid dienone is 2. The molecule has 3 aromatic rings. The first-order valence-electron chi connectivity index (χ1n) is 7.95. The Morgan fingerprint density at radius 2 is 1.73 bits per heavy atom. The summed E-state index contributed by atoms with van der Waals surface area (Å²) >= 11 is 0. The number of ether oxygens (including phenoxy) is 2. The van der Waals surface area contributed by atoms with Crippen molar-refractivity contribution < 1.29 is 19.0 Å². The molecular formula is C21H18O5. The Labute approximate surface area is 150 Å². The first kappa shape index (κ1) is 17.4. The molecule has 0 aliphatic heterocycles. The zero-order valence-corrected chi connectivity index (χ0v) is 14.4. The highest BCUT2D eigenvalue weighted by molar-refractivity contribution is 5.83. The third-order valence-corrected chi connectivity index (χ3v) is 3.82. The van der Waals surface area contributed by atoms with E-state index in [1.165, 1.54) is 12.1 Å². The Kier molecular flexibility index (Phi) is 5.08. The minimum absolute atomic E-state index is 0.0832. The number of hydrogen-bond acceptors (Lipinski definition) is 5. The van der Waals surface area contributed by atoms with Crippen LogP contribution >= 0.6 is 0 Å². The average molecular weight is 350 g/mol. The molecular weight excluding hydrogens is 332 g/mol.